The van der Waals surface area contributed by atoms with Crippen molar-refractivity contribution in [1.82, 2.24) is 9.13 Å². The third kappa shape index (κ3) is 4.96. The molecule has 3 aromatic heterocycles. The Balaban J connectivity index is 1.15. The largest absolute Gasteiger partial charge is 0.309 e. The zero-order valence-electron chi connectivity index (χ0n) is 30.9. The van der Waals surface area contributed by atoms with Crippen LogP contribution in [0.5, 0.6) is 0 Å². The fourth-order valence-corrected chi connectivity index (χ4v) is 10.3. The summed E-state index contributed by atoms with van der Waals surface area (Å²) in [6.45, 7) is 0. The van der Waals surface area contributed by atoms with E-state index >= 15 is 0 Å². The molecule has 0 saturated carbocycles. The highest BCUT2D eigenvalue weighted by Crippen LogP contribution is 2.48. The topological polar surface area (TPSA) is 9.86 Å². The first-order valence-corrected chi connectivity index (χ1v) is 20.3. The van der Waals surface area contributed by atoms with Crippen molar-refractivity contribution in [2.45, 2.75) is 0 Å². The first kappa shape index (κ1) is 32.1. The fraction of sp³-hybridized carbons (Fsp3) is 0. The van der Waals surface area contributed by atoms with Crippen LogP contribution in [0.15, 0.2) is 206 Å². The molecule has 0 aliphatic carbocycles. The molecule has 0 N–H and O–H groups in total. The maximum absolute atomic E-state index is 2.52. The van der Waals surface area contributed by atoms with Gasteiger partial charge in [0.05, 0.1) is 22.1 Å². The summed E-state index contributed by atoms with van der Waals surface area (Å²) in [7, 11) is 0. The van der Waals surface area contributed by atoms with Gasteiger partial charge in [-0.1, -0.05) is 146 Å². The van der Waals surface area contributed by atoms with Crippen LogP contribution < -0.4 is 0 Å². The summed E-state index contributed by atoms with van der Waals surface area (Å²) in [6.07, 6.45) is 0. The van der Waals surface area contributed by atoms with Gasteiger partial charge in [0.2, 0.25) is 0 Å². The molecule has 0 bridgehead atoms. The summed E-state index contributed by atoms with van der Waals surface area (Å²) in [5.74, 6) is 0. The molecule has 0 radical (unpaired) electrons. The van der Waals surface area contributed by atoms with E-state index in [-0.39, 0.29) is 0 Å². The van der Waals surface area contributed by atoms with Crippen molar-refractivity contribution in [3.8, 4) is 44.8 Å². The SMILES string of the molecule is c1ccc(-c2cccc(-n3c4ccccc4c4cc(-c5cc6sc7ccccc7c6c6c5c5ccccc5n6-c5cccc(-c6ccccc6)c5)ccc43)c2)cc1. The van der Waals surface area contributed by atoms with E-state index in [0.717, 1.165) is 11.4 Å². The predicted octanol–water partition coefficient (Wildman–Crippen LogP) is 15.2. The minimum absolute atomic E-state index is 1.16. The van der Waals surface area contributed by atoms with Crippen LogP contribution in [0.25, 0.3) is 109 Å². The average molecular weight is 743 g/mol. The van der Waals surface area contributed by atoms with Crippen LogP contribution in [0.2, 0.25) is 0 Å². The Kier molecular flexibility index (Phi) is 7.13. The van der Waals surface area contributed by atoms with Gasteiger partial charge in [0.25, 0.3) is 0 Å². The molecule has 266 valence electrons. The second kappa shape index (κ2) is 12.7. The van der Waals surface area contributed by atoms with Crippen LogP contribution >= 0.6 is 11.3 Å². The quantitative estimate of drug-likeness (QED) is 0.166. The lowest BCUT2D eigenvalue weighted by Gasteiger charge is -2.13. The third-order valence-electron chi connectivity index (χ3n) is 11.7. The molecule has 0 saturated heterocycles. The molecule has 0 amide bonds. The van der Waals surface area contributed by atoms with Gasteiger partial charge < -0.3 is 9.13 Å². The lowest BCUT2D eigenvalue weighted by molar-refractivity contribution is 1.18. The van der Waals surface area contributed by atoms with Gasteiger partial charge >= 0.3 is 0 Å². The molecular formula is C54H34N2S. The van der Waals surface area contributed by atoms with Gasteiger partial charge in [0.1, 0.15) is 0 Å². The molecule has 3 heteroatoms. The molecule has 57 heavy (non-hydrogen) atoms. The summed E-state index contributed by atoms with van der Waals surface area (Å²) in [4.78, 5) is 0. The molecule has 9 aromatic carbocycles. The lowest BCUT2D eigenvalue weighted by atomic mass is 9.95. The standard InChI is InChI=1S/C54H34N2S/c1-3-15-35(16-4-1)37-19-13-21-40(31-37)55-47-26-10-7-23-42(47)46-33-39(29-30-49(46)55)45-34-51-53(44-25-9-12-28-50(44)57-51)54-52(45)43-24-8-11-27-48(43)56(54)41-22-14-20-38(32-41)36-17-5-2-6-18-36/h1-34H. The summed E-state index contributed by atoms with van der Waals surface area (Å²) in [5, 5.41) is 7.64. The van der Waals surface area contributed by atoms with E-state index in [2.05, 4.69) is 215 Å². The molecule has 12 rings (SSSR count). The monoisotopic (exact) mass is 742 g/mol. The van der Waals surface area contributed by atoms with Gasteiger partial charge in [-0.15, -0.1) is 11.3 Å². The zero-order chi connectivity index (χ0) is 37.5. The van der Waals surface area contributed by atoms with Gasteiger partial charge in [-0.05, 0) is 94.0 Å². The minimum atomic E-state index is 1.16. The Labute approximate surface area is 333 Å². The smallest absolute Gasteiger partial charge is 0.0640 e. The third-order valence-corrected chi connectivity index (χ3v) is 12.8. The van der Waals surface area contributed by atoms with Crippen molar-refractivity contribution in [2.24, 2.45) is 0 Å². The van der Waals surface area contributed by atoms with Crippen molar-refractivity contribution >= 4 is 75.1 Å². The van der Waals surface area contributed by atoms with Crippen molar-refractivity contribution < 1.29 is 0 Å². The number of thiophene rings is 1. The molecule has 12 aromatic rings. The van der Waals surface area contributed by atoms with Crippen molar-refractivity contribution in [2.75, 3.05) is 0 Å². The summed E-state index contributed by atoms with van der Waals surface area (Å²) in [6, 6.07) is 75.6. The summed E-state index contributed by atoms with van der Waals surface area (Å²) in [5.41, 5.74) is 14.5. The Hall–Kier alpha value is -7.20. The molecular weight excluding hydrogens is 709 g/mol. The fourth-order valence-electron chi connectivity index (χ4n) is 9.19. The van der Waals surface area contributed by atoms with Crippen LogP contribution in [0.3, 0.4) is 0 Å². The van der Waals surface area contributed by atoms with Crippen molar-refractivity contribution in [3.05, 3.63) is 206 Å². The molecule has 0 spiro atoms. The normalized spacial score (nSPS) is 11.9. The van der Waals surface area contributed by atoms with E-state index in [1.54, 1.807) is 0 Å². The van der Waals surface area contributed by atoms with E-state index < -0.39 is 0 Å². The number of fused-ring (bicyclic) bond motifs is 10. The molecule has 0 unspecified atom stereocenters. The number of nitrogens with zero attached hydrogens (tertiary/aromatic N) is 2. The number of aromatic nitrogens is 2. The Morgan fingerprint density at radius 2 is 0.842 bits per heavy atom. The number of para-hydroxylation sites is 2. The first-order valence-electron chi connectivity index (χ1n) is 19.5. The van der Waals surface area contributed by atoms with Gasteiger partial charge in [0, 0.05) is 53.1 Å². The van der Waals surface area contributed by atoms with Gasteiger partial charge in [0.15, 0.2) is 0 Å². The van der Waals surface area contributed by atoms with Crippen LogP contribution in [0, 0.1) is 0 Å². The molecule has 3 heterocycles. The Bertz CT molecular complexity index is 3510. The number of hydrogen-bond donors (Lipinski definition) is 0. The van der Waals surface area contributed by atoms with Gasteiger partial charge in [-0.2, -0.15) is 0 Å². The second-order valence-electron chi connectivity index (χ2n) is 14.9. The van der Waals surface area contributed by atoms with Crippen LogP contribution in [0.1, 0.15) is 0 Å². The zero-order valence-corrected chi connectivity index (χ0v) is 31.7. The summed E-state index contributed by atoms with van der Waals surface area (Å²) >= 11 is 1.89. The first-order chi connectivity index (χ1) is 28.3. The molecule has 2 nitrogen and oxygen atoms in total. The van der Waals surface area contributed by atoms with E-state index in [4.69, 9.17) is 0 Å². The van der Waals surface area contributed by atoms with Crippen LogP contribution in [0.4, 0.5) is 0 Å². The lowest BCUT2D eigenvalue weighted by Crippen LogP contribution is -1.95. The highest BCUT2D eigenvalue weighted by Gasteiger charge is 2.23. The van der Waals surface area contributed by atoms with Crippen LogP contribution in [-0.2, 0) is 0 Å². The second-order valence-corrected chi connectivity index (χ2v) is 16.0. The minimum Gasteiger partial charge on any atom is -0.309 e. The highest BCUT2D eigenvalue weighted by atomic mass is 32.1. The van der Waals surface area contributed by atoms with E-state index in [1.807, 2.05) is 11.3 Å². The molecule has 0 fully saturated rings. The van der Waals surface area contributed by atoms with Crippen molar-refractivity contribution in [3.63, 3.8) is 0 Å². The maximum Gasteiger partial charge on any atom is 0.0640 e. The Morgan fingerprint density at radius 3 is 1.54 bits per heavy atom. The van der Waals surface area contributed by atoms with E-state index in [9.17, 15) is 0 Å². The number of rotatable bonds is 5. The van der Waals surface area contributed by atoms with Gasteiger partial charge in [-0.25, -0.2) is 0 Å². The number of hydrogen-bond acceptors (Lipinski definition) is 1. The molecule has 0 atom stereocenters. The van der Waals surface area contributed by atoms with Crippen LogP contribution in [-0.4, -0.2) is 9.13 Å². The van der Waals surface area contributed by atoms with Crippen molar-refractivity contribution in [1.29, 1.82) is 0 Å². The van der Waals surface area contributed by atoms with E-state index in [1.165, 1.54) is 97.2 Å². The Morgan fingerprint density at radius 1 is 0.298 bits per heavy atom. The molecule has 0 aliphatic heterocycles. The van der Waals surface area contributed by atoms with Gasteiger partial charge in [-0.3, -0.25) is 0 Å². The maximum atomic E-state index is 2.52. The summed E-state index contributed by atoms with van der Waals surface area (Å²) < 4.78 is 7.54. The highest BCUT2D eigenvalue weighted by molar-refractivity contribution is 7.26. The van der Waals surface area contributed by atoms with E-state index in [0.29, 0.717) is 0 Å². The molecule has 0 aliphatic rings. The number of benzene rings is 9. The average Bonchev–Trinajstić information content (AvgIpc) is 3.94. The predicted molar refractivity (Wildman–Crippen MR) is 244 cm³/mol.